The van der Waals surface area contributed by atoms with Crippen LogP contribution in [0.3, 0.4) is 0 Å². The molecule has 3 aromatic carbocycles. The van der Waals surface area contributed by atoms with Gasteiger partial charge in [-0.3, -0.25) is 9.10 Å². The van der Waals surface area contributed by atoms with Gasteiger partial charge in [-0.1, -0.05) is 65.7 Å². The van der Waals surface area contributed by atoms with Gasteiger partial charge in [0, 0.05) is 0 Å². The van der Waals surface area contributed by atoms with Gasteiger partial charge in [0.1, 0.15) is 6.54 Å². The lowest BCUT2D eigenvalue weighted by Crippen LogP contribution is -2.39. The second-order valence-corrected chi connectivity index (χ2v) is 8.73. The van der Waals surface area contributed by atoms with Gasteiger partial charge in [-0.05, 0) is 43.7 Å². The average molecular weight is 422 g/mol. The number of hydrogen-bond acceptors (Lipinski definition) is 4. The summed E-state index contributed by atoms with van der Waals surface area (Å²) in [5, 5.41) is 3.95. The van der Waals surface area contributed by atoms with Crippen LogP contribution in [0.2, 0.25) is 0 Å². The van der Waals surface area contributed by atoms with Gasteiger partial charge >= 0.3 is 0 Å². The largest absolute Gasteiger partial charge is 0.271 e. The first-order valence-corrected chi connectivity index (χ1v) is 10.8. The lowest BCUT2D eigenvalue weighted by Gasteiger charge is -2.23. The molecule has 0 unspecified atom stereocenters. The molecule has 0 saturated heterocycles. The molecule has 0 fully saturated rings. The van der Waals surface area contributed by atoms with Crippen LogP contribution >= 0.6 is 0 Å². The van der Waals surface area contributed by atoms with E-state index in [0.717, 1.165) is 21.0 Å². The van der Waals surface area contributed by atoms with Gasteiger partial charge in [0.05, 0.1) is 16.8 Å². The summed E-state index contributed by atoms with van der Waals surface area (Å²) in [6.45, 7) is 3.44. The first-order chi connectivity index (χ1) is 14.4. The van der Waals surface area contributed by atoms with Crippen molar-refractivity contribution < 1.29 is 13.2 Å². The van der Waals surface area contributed by atoms with Crippen molar-refractivity contribution in [2.45, 2.75) is 18.7 Å². The molecule has 0 saturated carbocycles. The Hall–Kier alpha value is -3.45. The number of nitrogens with zero attached hydrogens (tertiary/aromatic N) is 2. The molecule has 3 rings (SSSR count). The average Bonchev–Trinajstić information content (AvgIpc) is 2.73. The summed E-state index contributed by atoms with van der Waals surface area (Å²) in [5.74, 6) is -0.543. The van der Waals surface area contributed by atoms with Gasteiger partial charge in [-0.2, -0.15) is 5.10 Å². The highest BCUT2D eigenvalue weighted by Gasteiger charge is 2.27. The van der Waals surface area contributed by atoms with Crippen LogP contribution in [0.15, 0.2) is 88.9 Å². The van der Waals surface area contributed by atoms with E-state index in [9.17, 15) is 13.2 Å². The van der Waals surface area contributed by atoms with E-state index < -0.39 is 22.5 Å². The molecule has 1 N–H and O–H groups in total. The van der Waals surface area contributed by atoms with Crippen molar-refractivity contribution >= 4 is 27.8 Å². The van der Waals surface area contributed by atoms with Crippen molar-refractivity contribution in [1.29, 1.82) is 0 Å². The Labute approximate surface area is 176 Å². The summed E-state index contributed by atoms with van der Waals surface area (Å²) in [6, 6.07) is 22.7. The van der Waals surface area contributed by atoms with E-state index in [2.05, 4.69) is 10.5 Å². The molecule has 0 heterocycles. The molecule has 7 heteroatoms. The van der Waals surface area contributed by atoms with Crippen molar-refractivity contribution in [3.8, 4) is 0 Å². The zero-order valence-corrected chi connectivity index (χ0v) is 17.6. The zero-order chi connectivity index (χ0) is 21.6. The SMILES string of the molecule is Cc1ccc(S(=O)(=O)N(CC(=O)N/N=C/c2cccc(C)c2)c2ccccc2)cc1. The molecule has 0 aliphatic rings. The van der Waals surface area contributed by atoms with Crippen LogP contribution in [-0.2, 0) is 14.8 Å². The highest BCUT2D eigenvalue weighted by molar-refractivity contribution is 7.92. The maximum atomic E-state index is 13.2. The van der Waals surface area contributed by atoms with Crippen LogP contribution in [0.25, 0.3) is 0 Å². The number of rotatable bonds is 7. The van der Waals surface area contributed by atoms with E-state index in [1.165, 1.54) is 18.3 Å². The lowest BCUT2D eigenvalue weighted by atomic mass is 10.2. The van der Waals surface area contributed by atoms with Gasteiger partial charge in [-0.25, -0.2) is 13.8 Å². The van der Waals surface area contributed by atoms with E-state index in [1.807, 2.05) is 38.1 Å². The van der Waals surface area contributed by atoms with Crippen LogP contribution in [0, 0.1) is 13.8 Å². The van der Waals surface area contributed by atoms with Crippen molar-refractivity contribution in [2.24, 2.45) is 5.10 Å². The highest BCUT2D eigenvalue weighted by Crippen LogP contribution is 2.23. The second kappa shape index (κ2) is 9.37. The summed E-state index contributed by atoms with van der Waals surface area (Å²) < 4.78 is 27.5. The Kier molecular flexibility index (Phi) is 6.64. The molecular weight excluding hydrogens is 398 g/mol. The summed E-state index contributed by atoms with van der Waals surface area (Å²) >= 11 is 0. The fraction of sp³-hybridized carbons (Fsp3) is 0.130. The monoisotopic (exact) mass is 421 g/mol. The number of para-hydroxylation sites is 1. The number of anilines is 1. The van der Waals surface area contributed by atoms with E-state index in [4.69, 9.17) is 0 Å². The summed E-state index contributed by atoms with van der Waals surface area (Å²) in [7, 11) is -3.93. The summed E-state index contributed by atoms with van der Waals surface area (Å²) in [5.41, 5.74) is 5.66. The Morgan fingerprint density at radius 2 is 1.63 bits per heavy atom. The summed E-state index contributed by atoms with van der Waals surface area (Å²) in [4.78, 5) is 12.6. The Morgan fingerprint density at radius 3 is 2.30 bits per heavy atom. The van der Waals surface area contributed by atoms with Crippen LogP contribution in [-0.4, -0.2) is 27.1 Å². The fourth-order valence-electron chi connectivity index (χ4n) is 2.84. The Morgan fingerprint density at radius 1 is 0.933 bits per heavy atom. The number of carbonyl (C=O) groups excluding carboxylic acids is 1. The third-order valence-corrected chi connectivity index (χ3v) is 6.17. The molecule has 0 aliphatic heterocycles. The van der Waals surface area contributed by atoms with E-state index >= 15 is 0 Å². The lowest BCUT2D eigenvalue weighted by molar-refractivity contribution is -0.119. The van der Waals surface area contributed by atoms with Crippen molar-refractivity contribution in [3.63, 3.8) is 0 Å². The van der Waals surface area contributed by atoms with Gasteiger partial charge in [0.25, 0.3) is 15.9 Å². The smallest absolute Gasteiger partial charge is 0.264 e. The standard InChI is InChI=1S/C23H23N3O3S/c1-18-11-13-22(14-12-18)30(28,29)26(21-9-4-3-5-10-21)17-23(27)25-24-16-20-8-6-7-19(2)15-20/h3-16H,17H2,1-2H3,(H,25,27)/b24-16+. The van der Waals surface area contributed by atoms with Gasteiger partial charge in [0.15, 0.2) is 0 Å². The number of hydrazone groups is 1. The van der Waals surface area contributed by atoms with E-state index in [1.54, 1.807) is 42.5 Å². The zero-order valence-electron chi connectivity index (χ0n) is 16.8. The molecule has 0 bridgehead atoms. The predicted molar refractivity (Wildman–Crippen MR) is 119 cm³/mol. The minimum atomic E-state index is -3.93. The highest BCUT2D eigenvalue weighted by atomic mass is 32.2. The van der Waals surface area contributed by atoms with Crippen molar-refractivity contribution in [2.75, 3.05) is 10.8 Å². The minimum Gasteiger partial charge on any atom is -0.271 e. The first-order valence-electron chi connectivity index (χ1n) is 9.39. The third kappa shape index (κ3) is 5.33. The van der Waals surface area contributed by atoms with Crippen molar-refractivity contribution in [1.82, 2.24) is 5.43 Å². The van der Waals surface area contributed by atoms with Crippen LogP contribution in [0.5, 0.6) is 0 Å². The van der Waals surface area contributed by atoms with Gasteiger partial charge in [-0.15, -0.1) is 0 Å². The molecule has 30 heavy (non-hydrogen) atoms. The van der Waals surface area contributed by atoms with Gasteiger partial charge in [0.2, 0.25) is 0 Å². The number of hydrogen-bond donors (Lipinski definition) is 1. The van der Waals surface area contributed by atoms with Crippen LogP contribution in [0.4, 0.5) is 5.69 Å². The molecule has 154 valence electrons. The van der Waals surface area contributed by atoms with Gasteiger partial charge < -0.3 is 0 Å². The normalized spacial score (nSPS) is 11.4. The molecular formula is C23H23N3O3S. The molecule has 0 atom stereocenters. The molecule has 0 aromatic heterocycles. The topological polar surface area (TPSA) is 78.8 Å². The molecule has 6 nitrogen and oxygen atoms in total. The van der Waals surface area contributed by atoms with E-state index in [0.29, 0.717) is 5.69 Å². The molecule has 3 aromatic rings. The molecule has 0 aliphatic carbocycles. The third-order valence-electron chi connectivity index (χ3n) is 4.39. The maximum Gasteiger partial charge on any atom is 0.264 e. The summed E-state index contributed by atoms with van der Waals surface area (Å²) in [6.07, 6.45) is 1.52. The number of amides is 1. The first kappa shape index (κ1) is 21.3. The number of sulfonamides is 1. The number of benzene rings is 3. The quantitative estimate of drug-likeness (QED) is 0.467. The second-order valence-electron chi connectivity index (χ2n) is 6.87. The predicted octanol–water partition coefficient (Wildman–Crippen LogP) is 3.65. The number of nitrogens with one attached hydrogen (secondary N) is 1. The maximum absolute atomic E-state index is 13.2. The fourth-order valence-corrected chi connectivity index (χ4v) is 4.26. The molecule has 1 amide bonds. The Bertz CT molecular complexity index is 1140. The number of aryl methyl sites for hydroxylation is 2. The minimum absolute atomic E-state index is 0.119. The Balaban J connectivity index is 1.81. The van der Waals surface area contributed by atoms with Crippen LogP contribution < -0.4 is 9.73 Å². The van der Waals surface area contributed by atoms with Crippen LogP contribution in [0.1, 0.15) is 16.7 Å². The van der Waals surface area contributed by atoms with Crippen molar-refractivity contribution in [3.05, 3.63) is 95.6 Å². The molecule has 0 radical (unpaired) electrons. The molecule has 0 spiro atoms. The number of carbonyl (C=O) groups is 1. The van der Waals surface area contributed by atoms with E-state index in [-0.39, 0.29) is 4.90 Å².